The van der Waals surface area contributed by atoms with Crippen molar-refractivity contribution in [2.24, 2.45) is 0 Å². The fraction of sp³-hybridized carbons (Fsp3) is 0.615. The van der Waals surface area contributed by atoms with E-state index in [1.54, 1.807) is 13.8 Å². The van der Waals surface area contributed by atoms with Crippen LogP contribution in [0, 0.1) is 0 Å². The molecule has 0 aromatic carbocycles. The maximum atomic E-state index is 12.4. The number of nitrogens with zero attached hydrogens (tertiary/aromatic N) is 1. The van der Waals surface area contributed by atoms with Crippen molar-refractivity contribution in [2.75, 3.05) is 13.1 Å². The third kappa shape index (κ3) is 3.26. The first-order chi connectivity index (χ1) is 10.2. The Kier molecular flexibility index (Phi) is 4.78. The van der Waals surface area contributed by atoms with E-state index in [0.29, 0.717) is 0 Å². The quantitative estimate of drug-likeness (QED) is 0.845. The SMILES string of the molecule is CC(C)S(=O)(=O)C1CCN(S(=O)(=O)c2cccc(=O)[nH]2)CC1. The third-order valence-corrected chi connectivity index (χ3v) is 8.44. The van der Waals surface area contributed by atoms with Crippen LogP contribution in [0.3, 0.4) is 0 Å². The summed E-state index contributed by atoms with van der Waals surface area (Å²) in [4.78, 5) is 13.6. The summed E-state index contributed by atoms with van der Waals surface area (Å²) in [6.45, 7) is 3.53. The number of aromatic amines is 1. The van der Waals surface area contributed by atoms with E-state index < -0.39 is 35.9 Å². The van der Waals surface area contributed by atoms with Gasteiger partial charge in [-0.15, -0.1) is 0 Å². The number of nitrogens with one attached hydrogen (secondary N) is 1. The number of rotatable bonds is 4. The van der Waals surface area contributed by atoms with Crippen molar-refractivity contribution in [3.63, 3.8) is 0 Å². The zero-order valence-electron chi connectivity index (χ0n) is 12.5. The van der Waals surface area contributed by atoms with Gasteiger partial charge in [0.25, 0.3) is 10.0 Å². The molecule has 0 unspecified atom stereocenters. The smallest absolute Gasteiger partial charge is 0.258 e. The zero-order chi connectivity index (χ0) is 16.5. The van der Waals surface area contributed by atoms with E-state index in [2.05, 4.69) is 4.98 Å². The first-order valence-electron chi connectivity index (χ1n) is 7.08. The average molecular weight is 348 g/mol. The van der Waals surface area contributed by atoms with E-state index in [1.807, 2.05) is 0 Å². The van der Waals surface area contributed by atoms with Gasteiger partial charge in [0.05, 0.1) is 10.5 Å². The summed E-state index contributed by atoms with van der Waals surface area (Å²) < 4.78 is 50.4. The second kappa shape index (κ2) is 6.13. The second-order valence-corrected chi connectivity index (χ2v) is 10.3. The van der Waals surface area contributed by atoms with Gasteiger partial charge in [-0.3, -0.25) is 4.79 Å². The molecule has 0 amide bonds. The summed E-state index contributed by atoms with van der Waals surface area (Å²) >= 11 is 0. The van der Waals surface area contributed by atoms with Gasteiger partial charge < -0.3 is 4.98 Å². The van der Waals surface area contributed by atoms with Crippen LogP contribution in [0.25, 0.3) is 0 Å². The number of aromatic nitrogens is 1. The second-order valence-electron chi connectivity index (χ2n) is 5.62. The molecule has 1 aliphatic heterocycles. The summed E-state index contributed by atoms with van der Waals surface area (Å²) in [7, 11) is -7.01. The molecule has 0 bridgehead atoms. The number of sulfonamides is 1. The lowest BCUT2D eigenvalue weighted by Gasteiger charge is -2.31. The number of pyridine rings is 1. The summed E-state index contributed by atoms with van der Waals surface area (Å²) in [5.41, 5.74) is -0.488. The molecule has 2 rings (SSSR count). The Morgan fingerprint density at radius 1 is 1.14 bits per heavy atom. The van der Waals surface area contributed by atoms with Crippen molar-refractivity contribution in [3.05, 3.63) is 28.6 Å². The minimum atomic E-state index is -3.79. The molecule has 1 N–H and O–H groups in total. The van der Waals surface area contributed by atoms with E-state index in [1.165, 1.54) is 22.5 Å². The van der Waals surface area contributed by atoms with Crippen molar-refractivity contribution in [3.8, 4) is 0 Å². The van der Waals surface area contributed by atoms with Gasteiger partial charge >= 0.3 is 0 Å². The molecule has 1 aromatic heterocycles. The molecule has 7 nitrogen and oxygen atoms in total. The number of H-pyrrole nitrogens is 1. The zero-order valence-corrected chi connectivity index (χ0v) is 14.2. The molecule has 0 spiro atoms. The fourth-order valence-electron chi connectivity index (χ4n) is 2.50. The molecule has 0 saturated carbocycles. The number of piperidine rings is 1. The molecule has 124 valence electrons. The molecular weight excluding hydrogens is 328 g/mol. The maximum absolute atomic E-state index is 12.4. The molecule has 1 aromatic rings. The van der Waals surface area contributed by atoms with Crippen molar-refractivity contribution in [2.45, 2.75) is 42.2 Å². The Hall–Kier alpha value is -1.19. The predicted octanol–water partition coefficient (Wildman–Crippen LogP) is 0.351. The average Bonchev–Trinajstić information content (AvgIpc) is 2.47. The number of sulfone groups is 1. The van der Waals surface area contributed by atoms with Crippen LogP contribution < -0.4 is 5.56 Å². The molecule has 0 radical (unpaired) electrons. The monoisotopic (exact) mass is 348 g/mol. The van der Waals surface area contributed by atoms with Crippen LogP contribution in [0.2, 0.25) is 0 Å². The largest absolute Gasteiger partial charge is 0.312 e. The van der Waals surface area contributed by atoms with Gasteiger partial charge in [-0.25, -0.2) is 16.8 Å². The van der Waals surface area contributed by atoms with Gasteiger partial charge in [0.15, 0.2) is 14.9 Å². The van der Waals surface area contributed by atoms with Crippen LogP contribution in [0.1, 0.15) is 26.7 Å². The van der Waals surface area contributed by atoms with E-state index >= 15 is 0 Å². The van der Waals surface area contributed by atoms with Gasteiger partial charge in [-0.2, -0.15) is 4.31 Å². The van der Waals surface area contributed by atoms with Crippen molar-refractivity contribution in [1.82, 2.24) is 9.29 Å². The van der Waals surface area contributed by atoms with Crippen molar-refractivity contribution < 1.29 is 16.8 Å². The Balaban J connectivity index is 2.17. The third-order valence-electron chi connectivity index (χ3n) is 3.88. The van der Waals surface area contributed by atoms with Gasteiger partial charge in [0.2, 0.25) is 5.56 Å². The lowest BCUT2D eigenvalue weighted by atomic mass is 10.2. The molecule has 22 heavy (non-hydrogen) atoms. The summed E-state index contributed by atoms with van der Waals surface area (Å²) in [5, 5.41) is -1.13. The van der Waals surface area contributed by atoms with Crippen molar-refractivity contribution >= 4 is 19.9 Å². The molecule has 1 fully saturated rings. The fourth-order valence-corrected chi connectivity index (χ4v) is 5.59. The standard InChI is InChI=1S/C13H20N2O5S2/c1-10(2)21(17,18)11-6-8-15(9-7-11)22(19,20)13-5-3-4-12(16)14-13/h3-5,10-11H,6-9H2,1-2H3,(H,14,16). The topological polar surface area (TPSA) is 104 Å². The molecular formula is C13H20N2O5S2. The molecule has 9 heteroatoms. The normalized spacial score (nSPS) is 18.7. The van der Waals surface area contributed by atoms with Crippen LogP contribution in [0.5, 0.6) is 0 Å². The Bertz CT molecular complexity index is 788. The Morgan fingerprint density at radius 2 is 1.73 bits per heavy atom. The lowest BCUT2D eigenvalue weighted by Crippen LogP contribution is -2.44. The van der Waals surface area contributed by atoms with Crippen LogP contribution in [-0.4, -0.2) is 49.7 Å². The van der Waals surface area contributed by atoms with E-state index in [0.717, 1.165) is 0 Å². The van der Waals surface area contributed by atoms with Crippen molar-refractivity contribution in [1.29, 1.82) is 0 Å². The molecule has 0 aliphatic carbocycles. The lowest BCUT2D eigenvalue weighted by molar-refractivity contribution is 0.344. The van der Waals surface area contributed by atoms with Gasteiger partial charge in [0, 0.05) is 19.2 Å². The van der Waals surface area contributed by atoms with Crippen LogP contribution >= 0.6 is 0 Å². The van der Waals surface area contributed by atoms with Crippen LogP contribution in [-0.2, 0) is 19.9 Å². The Morgan fingerprint density at radius 3 is 2.23 bits per heavy atom. The van der Waals surface area contributed by atoms with Gasteiger partial charge in [-0.05, 0) is 32.8 Å². The van der Waals surface area contributed by atoms with Crippen LogP contribution in [0.4, 0.5) is 0 Å². The minimum Gasteiger partial charge on any atom is -0.312 e. The molecule has 1 saturated heterocycles. The highest BCUT2D eigenvalue weighted by Gasteiger charge is 2.36. The minimum absolute atomic E-state index is 0.135. The molecule has 1 aliphatic rings. The maximum Gasteiger partial charge on any atom is 0.258 e. The highest BCUT2D eigenvalue weighted by atomic mass is 32.2. The van der Waals surface area contributed by atoms with Crippen LogP contribution in [0.15, 0.2) is 28.0 Å². The van der Waals surface area contributed by atoms with E-state index in [4.69, 9.17) is 0 Å². The van der Waals surface area contributed by atoms with E-state index in [9.17, 15) is 21.6 Å². The first-order valence-corrected chi connectivity index (χ1v) is 10.1. The predicted molar refractivity (Wildman–Crippen MR) is 82.9 cm³/mol. The highest BCUT2D eigenvalue weighted by molar-refractivity contribution is 7.92. The summed E-state index contributed by atoms with van der Waals surface area (Å²) in [6, 6.07) is 3.94. The highest BCUT2D eigenvalue weighted by Crippen LogP contribution is 2.24. The summed E-state index contributed by atoms with van der Waals surface area (Å²) in [5.74, 6) is 0. The number of hydrogen-bond acceptors (Lipinski definition) is 5. The summed E-state index contributed by atoms with van der Waals surface area (Å²) in [6.07, 6.45) is 0.549. The first kappa shape index (κ1) is 17.2. The number of hydrogen-bond donors (Lipinski definition) is 1. The molecule has 2 heterocycles. The van der Waals surface area contributed by atoms with Gasteiger partial charge in [0.1, 0.15) is 0 Å². The van der Waals surface area contributed by atoms with Gasteiger partial charge in [-0.1, -0.05) is 6.07 Å². The molecule has 0 atom stereocenters. The Labute approximate surface area is 130 Å². The van der Waals surface area contributed by atoms with E-state index in [-0.39, 0.29) is 31.0 Å².